The summed E-state index contributed by atoms with van der Waals surface area (Å²) < 4.78 is 13.5. The van der Waals surface area contributed by atoms with Gasteiger partial charge in [0.05, 0.1) is 13.7 Å². The molecule has 0 fully saturated rings. The van der Waals surface area contributed by atoms with Crippen molar-refractivity contribution in [1.29, 1.82) is 0 Å². The number of benzene rings is 2. The molecule has 0 spiro atoms. The van der Waals surface area contributed by atoms with Gasteiger partial charge in [0.1, 0.15) is 12.4 Å². The Morgan fingerprint density at radius 1 is 1.15 bits per heavy atom. The average Bonchev–Trinajstić information content (AvgIpc) is 2.98. The van der Waals surface area contributed by atoms with Crippen LogP contribution in [0, 0.1) is 11.7 Å². The fraction of sp³-hybridized carbons (Fsp3) is 0.222. The topological polar surface area (TPSA) is 64.1 Å². The second-order valence-corrected chi connectivity index (χ2v) is 6.92. The van der Waals surface area contributed by atoms with Crippen molar-refractivity contribution in [2.45, 2.75) is 20.1 Å². The zero-order valence-corrected chi connectivity index (χ0v) is 17.1. The Bertz CT molecular complexity index is 1000. The number of aromatic nitrogens is 3. The van der Waals surface area contributed by atoms with Gasteiger partial charge < -0.3 is 14.9 Å². The minimum Gasteiger partial charge on any atom is -0.493 e. The third-order valence-corrected chi connectivity index (χ3v) is 4.94. The molecule has 0 saturated carbocycles. The molecule has 9 heteroatoms. The van der Waals surface area contributed by atoms with E-state index in [1.54, 1.807) is 17.9 Å². The van der Waals surface area contributed by atoms with Gasteiger partial charge in [-0.3, -0.25) is 5.10 Å². The Morgan fingerprint density at radius 3 is 2.59 bits per heavy atom. The van der Waals surface area contributed by atoms with E-state index in [4.69, 9.17) is 44.9 Å². The van der Waals surface area contributed by atoms with Gasteiger partial charge in [-0.15, -0.1) is 0 Å². The Morgan fingerprint density at radius 2 is 1.93 bits per heavy atom. The van der Waals surface area contributed by atoms with E-state index in [1.807, 2.05) is 37.3 Å². The molecule has 1 aromatic heterocycles. The van der Waals surface area contributed by atoms with Gasteiger partial charge in [0.15, 0.2) is 11.5 Å². The largest absolute Gasteiger partial charge is 0.493 e. The van der Waals surface area contributed by atoms with Crippen LogP contribution in [-0.2, 0) is 13.2 Å². The summed E-state index contributed by atoms with van der Waals surface area (Å²) >= 11 is 17.8. The maximum absolute atomic E-state index is 6.43. The van der Waals surface area contributed by atoms with Gasteiger partial charge >= 0.3 is 0 Å². The second kappa shape index (κ2) is 8.65. The summed E-state index contributed by atoms with van der Waals surface area (Å²) in [6.45, 7) is 2.59. The maximum atomic E-state index is 6.43. The molecule has 3 aromatic rings. The summed E-state index contributed by atoms with van der Waals surface area (Å²) in [4.78, 5) is 0. The Hall–Kier alpha value is -2.22. The predicted molar refractivity (Wildman–Crippen MR) is 109 cm³/mol. The van der Waals surface area contributed by atoms with Crippen molar-refractivity contribution in [1.82, 2.24) is 14.9 Å². The molecule has 2 N–H and O–H groups in total. The molecule has 2 aromatic carbocycles. The summed E-state index contributed by atoms with van der Waals surface area (Å²) in [5.41, 5.74) is 4.89. The number of aromatic amines is 1. The first-order chi connectivity index (χ1) is 13.0. The van der Waals surface area contributed by atoms with E-state index in [0.717, 1.165) is 17.0 Å². The van der Waals surface area contributed by atoms with E-state index in [1.165, 1.54) is 0 Å². The average molecular weight is 425 g/mol. The molecule has 0 aliphatic rings. The lowest BCUT2D eigenvalue weighted by Gasteiger charge is -2.15. The first-order valence-electron chi connectivity index (χ1n) is 8.10. The van der Waals surface area contributed by atoms with Crippen LogP contribution in [0.4, 0.5) is 0 Å². The highest BCUT2D eigenvalue weighted by atomic mass is 35.5. The fourth-order valence-corrected chi connectivity index (χ4v) is 3.14. The van der Waals surface area contributed by atoms with Crippen LogP contribution in [-0.4, -0.2) is 22.0 Å². The van der Waals surface area contributed by atoms with Crippen LogP contribution in [0.1, 0.15) is 17.0 Å². The lowest BCUT2D eigenvalue weighted by atomic mass is 10.2. The van der Waals surface area contributed by atoms with Crippen molar-refractivity contribution >= 4 is 35.4 Å². The Labute approximate surface area is 172 Å². The molecule has 1 heterocycles. The van der Waals surface area contributed by atoms with Gasteiger partial charge in [0, 0.05) is 21.7 Å². The van der Waals surface area contributed by atoms with Crippen molar-refractivity contribution in [2.75, 3.05) is 12.5 Å². The van der Waals surface area contributed by atoms with E-state index in [-0.39, 0.29) is 0 Å². The van der Waals surface area contributed by atoms with Gasteiger partial charge in [-0.25, -0.2) is 4.68 Å². The van der Waals surface area contributed by atoms with Crippen molar-refractivity contribution in [2.24, 2.45) is 0 Å². The van der Waals surface area contributed by atoms with E-state index in [9.17, 15) is 0 Å². The highest BCUT2D eigenvalue weighted by Gasteiger charge is 2.12. The number of rotatable bonds is 7. The lowest BCUT2D eigenvalue weighted by Crippen LogP contribution is -2.16. The highest BCUT2D eigenvalue weighted by molar-refractivity contribution is 7.71. The number of methoxy groups -OCH3 is 1. The summed E-state index contributed by atoms with van der Waals surface area (Å²) in [5, 5.41) is 7.97. The first-order valence-corrected chi connectivity index (χ1v) is 9.26. The molecule has 0 radical (unpaired) electrons. The van der Waals surface area contributed by atoms with Gasteiger partial charge in [0.25, 0.3) is 0 Å². The SMILES string of the molecule is COc1cc(CNn2c(C)n[nH]c2=S)c(Cl)cc1OCc1ccccc1Cl. The number of ether oxygens (including phenoxy) is 2. The number of halogens is 2. The molecular formula is C18H18Cl2N4O2S. The van der Waals surface area contributed by atoms with Crippen molar-refractivity contribution < 1.29 is 9.47 Å². The molecule has 3 rings (SSSR count). The third-order valence-electron chi connectivity index (χ3n) is 3.94. The highest BCUT2D eigenvalue weighted by Crippen LogP contribution is 2.34. The van der Waals surface area contributed by atoms with Gasteiger partial charge in [-0.1, -0.05) is 41.4 Å². The van der Waals surface area contributed by atoms with Crippen LogP contribution >= 0.6 is 35.4 Å². The molecule has 0 unspecified atom stereocenters. The van der Waals surface area contributed by atoms with E-state index >= 15 is 0 Å². The molecule has 27 heavy (non-hydrogen) atoms. The van der Waals surface area contributed by atoms with Gasteiger partial charge in [-0.2, -0.15) is 5.10 Å². The van der Waals surface area contributed by atoms with Crippen molar-refractivity contribution in [3.8, 4) is 11.5 Å². The van der Waals surface area contributed by atoms with E-state index in [2.05, 4.69) is 15.6 Å². The summed E-state index contributed by atoms with van der Waals surface area (Å²) in [6, 6.07) is 11.1. The quantitative estimate of drug-likeness (QED) is 0.528. The van der Waals surface area contributed by atoms with Crippen LogP contribution in [0.5, 0.6) is 11.5 Å². The maximum Gasteiger partial charge on any atom is 0.214 e. The van der Waals surface area contributed by atoms with E-state index in [0.29, 0.717) is 39.5 Å². The summed E-state index contributed by atoms with van der Waals surface area (Å²) in [5.74, 6) is 1.85. The zero-order valence-electron chi connectivity index (χ0n) is 14.8. The molecule has 142 valence electrons. The molecule has 0 aliphatic heterocycles. The summed E-state index contributed by atoms with van der Waals surface area (Å²) in [6.07, 6.45) is 0. The molecule has 0 amide bonds. The standard InChI is InChI=1S/C18H18Cl2N4O2S/c1-11-22-23-18(27)24(11)21-9-13-7-16(25-2)17(8-15(13)20)26-10-12-5-3-4-6-14(12)19/h3-8,21H,9-10H2,1-2H3,(H,23,27). The summed E-state index contributed by atoms with van der Waals surface area (Å²) in [7, 11) is 1.58. The predicted octanol–water partition coefficient (Wildman–Crippen LogP) is 4.89. The molecule has 0 bridgehead atoms. The molecule has 0 aliphatic carbocycles. The van der Waals surface area contributed by atoms with E-state index < -0.39 is 0 Å². The van der Waals surface area contributed by atoms with Crippen LogP contribution < -0.4 is 14.9 Å². The van der Waals surface area contributed by atoms with Gasteiger partial charge in [-0.05, 0) is 36.8 Å². The number of hydrogen-bond donors (Lipinski definition) is 2. The Kier molecular flexibility index (Phi) is 6.26. The zero-order chi connectivity index (χ0) is 19.4. The minimum absolute atomic E-state index is 0.313. The first kappa shape index (κ1) is 19.5. The van der Waals surface area contributed by atoms with Gasteiger partial charge in [0.2, 0.25) is 4.77 Å². The van der Waals surface area contributed by atoms with Crippen molar-refractivity contribution in [3.05, 3.63) is 68.2 Å². The van der Waals surface area contributed by atoms with Crippen LogP contribution in [0.15, 0.2) is 36.4 Å². The van der Waals surface area contributed by atoms with Crippen LogP contribution in [0.2, 0.25) is 10.0 Å². The van der Waals surface area contributed by atoms with Crippen molar-refractivity contribution in [3.63, 3.8) is 0 Å². The smallest absolute Gasteiger partial charge is 0.214 e. The monoisotopic (exact) mass is 424 g/mol. The minimum atomic E-state index is 0.313. The molecule has 0 saturated heterocycles. The molecular weight excluding hydrogens is 407 g/mol. The molecule has 0 atom stereocenters. The number of nitrogens with one attached hydrogen (secondary N) is 2. The number of H-pyrrole nitrogens is 1. The van der Waals surface area contributed by atoms with Crippen LogP contribution in [0.3, 0.4) is 0 Å². The molecule has 6 nitrogen and oxygen atoms in total. The second-order valence-electron chi connectivity index (χ2n) is 5.72. The Balaban J connectivity index is 1.76. The number of nitrogens with zero attached hydrogens (tertiary/aromatic N) is 2. The fourth-order valence-electron chi connectivity index (χ4n) is 2.48. The lowest BCUT2D eigenvalue weighted by molar-refractivity contribution is 0.284. The van der Waals surface area contributed by atoms with Crippen LogP contribution in [0.25, 0.3) is 0 Å². The number of aryl methyl sites for hydroxylation is 1. The third kappa shape index (κ3) is 4.55. The number of hydrogen-bond acceptors (Lipinski definition) is 5. The normalized spacial score (nSPS) is 10.7.